The summed E-state index contributed by atoms with van der Waals surface area (Å²) in [5, 5.41) is 0. The van der Waals surface area contributed by atoms with Gasteiger partial charge in [0.05, 0.1) is 7.11 Å². The van der Waals surface area contributed by atoms with Crippen LogP contribution in [0.3, 0.4) is 0 Å². The highest BCUT2D eigenvalue weighted by molar-refractivity contribution is 6.17. The fourth-order valence-electron chi connectivity index (χ4n) is 2.31. The van der Waals surface area contributed by atoms with Crippen LogP contribution in [-0.4, -0.2) is 50.6 Å². The highest BCUT2D eigenvalue weighted by Gasteiger charge is 2.16. The number of hydrogen-bond donors (Lipinski definition) is 0. The van der Waals surface area contributed by atoms with E-state index in [0.717, 1.165) is 50.8 Å². The number of benzene rings is 1. The van der Waals surface area contributed by atoms with Crippen molar-refractivity contribution in [3.8, 4) is 5.75 Å². The van der Waals surface area contributed by atoms with Gasteiger partial charge in [-0.1, -0.05) is 0 Å². The van der Waals surface area contributed by atoms with Crippen molar-refractivity contribution in [2.45, 2.75) is 6.42 Å². The fraction of sp³-hybridized carbons (Fsp3) is 0.571. The Morgan fingerprint density at radius 1 is 1.11 bits per heavy atom. The summed E-state index contributed by atoms with van der Waals surface area (Å²) in [5.41, 5.74) is 1.28. The maximum atomic E-state index is 5.72. The van der Waals surface area contributed by atoms with Crippen molar-refractivity contribution < 1.29 is 4.74 Å². The number of anilines is 1. The molecule has 0 atom stereocenters. The van der Waals surface area contributed by atoms with Crippen molar-refractivity contribution in [1.29, 1.82) is 0 Å². The number of piperazine rings is 1. The molecule has 0 N–H and O–H groups in total. The number of ether oxygens (including phenoxy) is 1. The van der Waals surface area contributed by atoms with E-state index in [1.54, 1.807) is 7.11 Å². The fourth-order valence-corrected chi connectivity index (χ4v) is 2.43. The third kappa shape index (κ3) is 3.53. The zero-order valence-electron chi connectivity index (χ0n) is 10.9. The lowest BCUT2D eigenvalue weighted by Crippen LogP contribution is -2.46. The van der Waals surface area contributed by atoms with Crippen LogP contribution in [0.25, 0.3) is 0 Å². The van der Waals surface area contributed by atoms with E-state index in [-0.39, 0.29) is 0 Å². The van der Waals surface area contributed by atoms with Crippen molar-refractivity contribution in [3.63, 3.8) is 0 Å². The van der Waals surface area contributed by atoms with E-state index in [2.05, 4.69) is 21.9 Å². The SMILES string of the molecule is COc1ccc(N2CCN(CCCCl)CC2)cc1. The maximum absolute atomic E-state index is 5.72. The summed E-state index contributed by atoms with van der Waals surface area (Å²) in [6, 6.07) is 8.31. The quantitative estimate of drug-likeness (QED) is 0.763. The molecule has 2 rings (SSSR count). The lowest BCUT2D eigenvalue weighted by atomic mass is 10.2. The molecule has 0 spiro atoms. The van der Waals surface area contributed by atoms with Gasteiger partial charge in [0.15, 0.2) is 0 Å². The molecular formula is C14H21ClN2O. The van der Waals surface area contributed by atoms with Crippen LogP contribution in [0.2, 0.25) is 0 Å². The average Bonchev–Trinajstić information content (AvgIpc) is 2.46. The number of rotatable bonds is 5. The Hall–Kier alpha value is -0.930. The number of alkyl halides is 1. The summed E-state index contributed by atoms with van der Waals surface area (Å²) in [7, 11) is 1.70. The molecule has 0 aromatic heterocycles. The van der Waals surface area contributed by atoms with E-state index >= 15 is 0 Å². The normalized spacial score (nSPS) is 16.9. The molecule has 0 amide bonds. The second kappa shape index (κ2) is 6.86. The van der Waals surface area contributed by atoms with E-state index in [0.29, 0.717) is 0 Å². The van der Waals surface area contributed by atoms with Gasteiger partial charge in [-0.3, -0.25) is 4.90 Å². The second-order valence-electron chi connectivity index (χ2n) is 4.57. The van der Waals surface area contributed by atoms with Gasteiger partial charge in [-0.15, -0.1) is 11.6 Å². The van der Waals surface area contributed by atoms with Crippen molar-refractivity contribution in [1.82, 2.24) is 4.90 Å². The highest BCUT2D eigenvalue weighted by Crippen LogP contribution is 2.20. The Bertz CT molecular complexity index is 347. The van der Waals surface area contributed by atoms with Gasteiger partial charge in [0.25, 0.3) is 0 Å². The number of hydrogen-bond acceptors (Lipinski definition) is 3. The molecule has 1 aromatic carbocycles. The molecule has 1 saturated heterocycles. The lowest BCUT2D eigenvalue weighted by Gasteiger charge is -2.36. The molecule has 0 bridgehead atoms. The van der Waals surface area contributed by atoms with Crippen LogP contribution in [0.15, 0.2) is 24.3 Å². The predicted molar refractivity (Wildman–Crippen MR) is 77.0 cm³/mol. The van der Waals surface area contributed by atoms with Gasteiger partial charge in [-0.25, -0.2) is 0 Å². The molecule has 4 heteroatoms. The van der Waals surface area contributed by atoms with Gasteiger partial charge in [-0.05, 0) is 37.2 Å². The van der Waals surface area contributed by atoms with Crippen LogP contribution in [-0.2, 0) is 0 Å². The first-order chi connectivity index (χ1) is 8.83. The summed E-state index contributed by atoms with van der Waals surface area (Å²) < 4.78 is 5.18. The Morgan fingerprint density at radius 2 is 1.78 bits per heavy atom. The van der Waals surface area contributed by atoms with E-state index in [1.807, 2.05) is 12.1 Å². The molecule has 1 fully saturated rings. The number of nitrogens with zero attached hydrogens (tertiary/aromatic N) is 2. The van der Waals surface area contributed by atoms with E-state index in [9.17, 15) is 0 Å². The van der Waals surface area contributed by atoms with Crippen molar-refractivity contribution in [2.75, 3.05) is 50.6 Å². The average molecular weight is 269 g/mol. The van der Waals surface area contributed by atoms with Crippen LogP contribution in [0, 0.1) is 0 Å². The first-order valence-corrected chi connectivity index (χ1v) is 7.04. The van der Waals surface area contributed by atoms with Gasteiger partial charge >= 0.3 is 0 Å². The first-order valence-electron chi connectivity index (χ1n) is 6.51. The summed E-state index contributed by atoms with van der Waals surface area (Å²) in [5.74, 6) is 1.68. The summed E-state index contributed by atoms with van der Waals surface area (Å²) in [6.45, 7) is 5.56. The minimum atomic E-state index is 0.763. The summed E-state index contributed by atoms with van der Waals surface area (Å²) in [4.78, 5) is 4.92. The minimum Gasteiger partial charge on any atom is -0.497 e. The molecular weight excluding hydrogens is 248 g/mol. The van der Waals surface area contributed by atoms with Crippen LogP contribution in [0.1, 0.15) is 6.42 Å². The minimum absolute atomic E-state index is 0.763. The monoisotopic (exact) mass is 268 g/mol. The molecule has 3 nitrogen and oxygen atoms in total. The zero-order chi connectivity index (χ0) is 12.8. The van der Waals surface area contributed by atoms with Crippen molar-refractivity contribution >= 4 is 17.3 Å². The highest BCUT2D eigenvalue weighted by atomic mass is 35.5. The van der Waals surface area contributed by atoms with E-state index in [4.69, 9.17) is 16.3 Å². The summed E-state index contributed by atoms with van der Waals surface area (Å²) >= 11 is 5.72. The Morgan fingerprint density at radius 3 is 2.33 bits per heavy atom. The maximum Gasteiger partial charge on any atom is 0.119 e. The van der Waals surface area contributed by atoms with Gasteiger partial charge in [0, 0.05) is 37.7 Å². The molecule has 0 saturated carbocycles. The van der Waals surface area contributed by atoms with Crippen molar-refractivity contribution in [3.05, 3.63) is 24.3 Å². The largest absolute Gasteiger partial charge is 0.497 e. The molecule has 100 valence electrons. The van der Waals surface area contributed by atoms with Gasteiger partial charge < -0.3 is 9.64 Å². The Labute approximate surface area is 114 Å². The molecule has 0 unspecified atom stereocenters. The van der Waals surface area contributed by atoms with Gasteiger partial charge in [0.2, 0.25) is 0 Å². The van der Waals surface area contributed by atoms with E-state index < -0.39 is 0 Å². The van der Waals surface area contributed by atoms with Crippen LogP contribution in [0.4, 0.5) is 5.69 Å². The Balaban J connectivity index is 1.84. The Kier molecular flexibility index (Phi) is 5.14. The molecule has 1 heterocycles. The molecule has 0 aliphatic carbocycles. The van der Waals surface area contributed by atoms with Crippen molar-refractivity contribution in [2.24, 2.45) is 0 Å². The topological polar surface area (TPSA) is 15.7 Å². The number of methoxy groups -OCH3 is 1. The molecule has 18 heavy (non-hydrogen) atoms. The van der Waals surface area contributed by atoms with E-state index in [1.165, 1.54) is 5.69 Å². The molecule has 1 aliphatic heterocycles. The zero-order valence-corrected chi connectivity index (χ0v) is 11.7. The number of halogens is 1. The third-order valence-corrected chi connectivity index (χ3v) is 3.69. The van der Waals surface area contributed by atoms with Crippen LogP contribution < -0.4 is 9.64 Å². The molecule has 1 aliphatic rings. The summed E-state index contributed by atoms with van der Waals surface area (Å²) in [6.07, 6.45) is 1.09. The van der Waals surface area contributed by atoms with Gasteiger partial charge in [0.1, 0.15) is 5.75 Å². The third-order valence-electron chi connectivity index (χ3n) is 3.42. The smallest absolute Gasteiger partial charge is 0.119 e. The first kappa shape index (κ1) is 13.5. The van der Waals surface area contributed by atoms with Gasteiger partial charge in [-0.2, -0.15) is 0 Å². The standard InChI is InChI=1S/C14H21ClN2O/c1-18-14-5-3-13(4-6-14)17-11-9-16(10-12-17)8-2-7-15/h3-6H,2,7-12H2,1H3. The second-order valence-corrected chi connectivity index (χ2v) is 4.95. The van der Waals surface area contributed by atoms with Crippen LogP contribution in [0.5, 0.6) is 5.75 Å². The lowest BCUT2D eigenvalue weighted by molar-refractivity contribution is 0.259. The molecule has 0 radical (unpaired) electrons. The predicted octanol–water partition coefficient (Wildman–Crippen LogP) is 2.45. The van der Waals surface area contributed by atoms with Crippen LogP contribution >= 0.6 is 11.6 Å². The molecule has 1 aromatic rings.